The summed E-state index contributed by atoms with van der Waals surface area (Å²) in [5.41, 5.74) is 1.03. The van der Waals surface area contributed by atoms with Crippen molar-refractivity contribution in [3.8, 4) is 0 Å². The van der Waals surface area contributed by atoms with Gasteiger partial charge in [-0.1, -0.05) is 49.0 Å². The fraction of sp³-hybridized carbons (Fsp3) is 0.389. The van der Waals surface area contributed by atoms with Crippen LogP contribution >= 0.6 is 24.0 Å². The highest BCUT2D eigenvalue weighted by Gasteiger charge is 2.30. The maximum absolute atomic E-state index is 12.1. The number of amides is 1. The van der Waals surface area contributed by atoms with Gasteiger partial charge in [-0.2, -0.15) is 0 Å². The molecule has 1 amide bonds. The lowest BCUT2D eigenvalue weighted by Crippen LogP contribution is -2.27. The van der Waals surface area contributed by atoms with Crippen LogP contribution in [-0.4, -0.2) is 34.2 Å². The molecule has 0 bridgehead atoms. The van der Waals surface area contributed by atoms with Crippen molar-refractivity contribution < 1.29 is 14.3 Å². The zero-order valence-electron chi connectivity index (χ0n) is 13.7. The third-order valence-electron chi connectivity index (χ3n) is 3.54. The molecule has 6 heteroatoms. The van der Waals surface area contributed by atoms with Gasteiger partial charge in [0.2, 0.25) is 0 Å². The third-order valence-corrected chi connectivity index (χ3v) is 5.03. The molecule has 0 aromatic heterocycles. The van der Waals surface area contributed by atoms with Gasteiger partial charge in [0.25, 0.3) is 5.24 Å². The van der Waals surface area contributed by atoms with Crippen LogP contribution in [0.25, 0.3) is 6.08 Å². The summed E-state index contributed by atoms with van der Waals surface area (Å²) in [6.07, 6.45) is 4.84. The largest absolute Gasteiger partial charge is 0.466 e. The van der Waals surface area contributed by atoms with Crippen LogP contribution in [0.2, 0.25) is 0 Å². The number of ether oxygens (including phenoxy) is 1. The minimum absolute atomic E-state index is 0.0208. The number of carbonyl (C=O) groups excluding carboxylic acids is 2. The second kappa shape index (κ2) is 9.59. The summed E-state index contributed by atoms with van der Waals surface area (Å²) in [6, 6.07) is 9.84. The summed E-state index contributed by atoms with van der Waals surface area (Å²) in [7, 11) is 0. The summed E-state index contributed by atoms with van der Waals surface area (Å²) in [5, 5.41) is -0.0208. The van der Waals surface area contributed by atoms with Crippen molar-refractivity contribution in [2.24, 2.45) is 0 Å². The normalized spacial score (nSPS) is 16.0. The molecule has 0 unspecified atom stereocenters. The van der Waals surface area contributed by atoms with E-state index in [0.29, 0.717) is 24.6 Å². The molecule has 0 spiro atoms. The van der Waals surface area contributed by atoms with Gasteiger partial charge in [0.1, 0.15) is 4.99 Å². The summed E-state index contributed by atoms with van der Waals surface area (Å²) >= 11 is 6.62. The maximum atomic E-state index is 12.1. The van der Waals surface area contributed by atoms with E-state index >= 15 is 0 Å². The molecule has 0 radical (unpaired) electrons. The minimum Gasteiger partial charge on any atom is -0.466 e. The van der Waals surface area contributed by atoms with Crippen LogP contribution in [0.1, 0.15) is 38.2 Å². The van der Waals surface area contributed by atoms with Crippen LogP contribution < -0.4 is 0 Å². The lowest BCUT2D eigenvalue weighted by atomic mass is 10.2. The smallest absolute Gasteiger partial charge is 0.305 e. The first-order valence-corrected chi connectivity index (χ1v) is 9.30. The molecule has 0 atom stereocenters. The molecule has 1 saturated heterocycles. The second-order valence-electron chi connectivity index (χ2n) is 5.36. The summed E-state index contributed by atoms with van der Waals surface area (Å²) < 4.78 is 4.89. The van der Waals surface area contributed by atoms with Crippen molar-refractivity contribution in [1.82, 2.24) is 4.90 Å². The van der Waals surface area contributed by atoms with Crippen molar-refractivity contribution in [2.45, 2.75) is 32.6 Å². The predicted octanol–water partition coefficient (Wildman–Crippen LogP) is 4.65. The SMILES string of the molecule is CCOC(=O)CCCCCN1C(=O)S/C(=C\c2ccccc2)C1=S. The van der Waals surface area contributed by atoms with Gasteiger partial charge < -0.3 is 4.74 Å². The number of esters is 1. The fourth-order valence-electron chi connectivity index (χ4n) is 2.34. The molecular formula is C18H21NO3S2. The number of nitrogens with zero attached hydrogens (tertiary/aromatic N) is 1. The van der Waals surface area contributed by atoms with E-state index in [1.165, 1.54) is 11.8 Å². The first-order chi connectivity index (χ1) is 11.6. The molecule has 1 aromatic rings. The zero-order valence-corrected chi connectivity index (χ0v) is 15.3. The number of benzene rings is 1. The van der Waals surface area contributed by atoms with Crippen molar-refractivity contribution in [3.63, 3.8) is 0 Å². The van der Waals surface area contributed by atoms with E-state index in [-0.39, 0.29) is 11.2 Å². The molecule has 0 saturated carbocycles. The lowest BCUT2D eigenvalue weighted by Gasteiger charge is -2.14. The number of rotatable bonds is 8. The quantitative estimate of drug-likeness (QED) is 0.291. The standard InChI is InChI=1S/C18H21NO3S2/c1-2-22-16(20)11-7-4-8-12-19-17(23)15(24-18(19)21)13-14-9-5-3-6-10-14/h3,5-6,9-10,13H,2,4,7-8,11-12H2,1H3/b15-13-. The third kappa shape index (κ3) is 5.46. The summed E-state index contributed by atoms with van der Waals surface area (Å²) in [6.45, 7) is 2.82. The number of unbranched alkanes of at least 4 members (excludes halogenated alkanes) is 2. The Balaban J connectivity index is 1.80. The van der Waals surface area contributed by atoms with Crippen LogP contribution in [0, 0.1) is 0 Å². The maximum Gasteiger partial charge on any atom is 0.305 e. The molecule has 128 valence electrons. The molecule has 1 aliphatic rings. The molecule has 1 aromatic carbocycles. The molecule has 1 fully saturated rings. The molecule has 0 N–H and O–H groups in total. The Morgan fingerprint density at radius 2 is 2.00 bits per heavy atom. The highest BCUT2D eigenvalue weighted by Crippen LogP contribution is 2.33. The lowest BCUT2D eigenvalue weighted by molar-refractivity contribution is -0.143. The summed E-state index contributed by atoms with van der Waals surface area (Å²) in [4.78, 5) is 26.5. The van der Waals surface area contributed by atoms with Crippen molar-refractivity contribution >= 4 is 46.3 Å². The van der Waals surface area contributed by atoms with E-state index in [1.807, 2.05) is 36.4 Å². The highest BCUT2D eigenvalue weighted by molar-refractivity contribution is 8.19. The minimum atomic E-state index is -0.158. The van der Waals surface area contributed by atoms with E-state index < -0.39 is 0 Å². The van der Waals surface area contributed by atoms with Gasteiger partial charge >= 0.3 is 5.97 Å². The summed E-state index contributed by atoms with van der Waals surface area (Å²) in [5.74, 6) is -0.158. The van der Waals surface area contributed by atoms with Crippen molar-refractivity contribution in [2.75, 3.05) is 13.2 Å². The van der Waals surface area contributed by atoms with Gasteiger partial charge in [0.05, 0.1) is 11.5 Å². The fourth-order valence-corrected chi connectivity index (χ4v) is 3.63. The molecule has 1 aliphatic heterocycles. The molecule has 0 aliphatic carbocycles. The predicted molar refractivity (Wildman–Crippen MR) is 102 cm³/mol. The van der Waals surface area contributed by atoms with Crippen LogP contribution in [0.5, 0.6) is 0 Å². The Morgan fingerprint density at radius 3 is 2.71 bits per heavy atom. The number of carbonyl (C=O) groups is 2. The van der Waals surface area contributed by atoms with E-state index in [0.717, 1.165) is 29.7 Å². The Hall–Kier alpha value is -1.66. The average molecular weight is 364 g/mol. The van der Waals surface area contributed by atoms with Crippen LogP contribution in [-0.2, 0) is 9.53 Å². The van der Waals surface area contributed by atoms with Crippen LogP contribution in [0.15, 0.2) is 35.2 Å². The number of thioether (sulfide) groups is 1. The van der Waals surface area contributed by atoms with Crippen molar-refractivity contribution in [1.29, 1.82) is 0 Å². The number of hydrogen-bond acceptors (Lipinski definition) is 5. The van der Waals surface area contributed by atoms with Gasteiger partial charge in [-0.3, -0.25) is 14.5 Å². The molecule has 1 heterocycles. The molecular weight excluding hydrogens is 342 g/mol. The Morgan fingerprint density at radius 1 is 1.25 bits per heavy atom. The monoisotopic (exact) mass is 363 g/mol. The highest BCUT2D eigenvalue weighted by atomic mass is 32.2. The van der Waals surface area contributed by atoms with E-state index in [2.05, 4.69) is 0 Å². The molecule has 2 rings (SSSR count). The van der Waals surface area contributed by atoms with Gasteiger partial charge in [-0.05, 0) is 43.2 Å². The van der Waals surface area contributed by atoms with E-state index in [9.17, 15) is 9.59 Å². The van der Waals surface area contributed by atoms with Gasteiger partial charge in [0, 0.05) is 13.0 Å². The Labute approximate surface area is 152 Å². The average Bonchev–Trinajstić information content (AvgIpc) is 2.83. The van der Waals surface area contributed by atoms with Crippen LogP contribution in [0.3, 0.4) is 0 Å². The molecule has 4 nitrogen and oxygen atoms in total. The van der Waals surface area contributed by atoms with Gasteiger partial charge in [0.15, 0.2) is 0 Å². The number of thiocarbonyl (C=S) groups is 1. The van der Waals surface area contributed by atoms with E-state index in [4.69, 9.17) is 17.0 Å². The van der Waals surface area contributed by atoms with Gasteiger partial charge in [-0.25, -0.2) is 0 Å². The first kappa shape index (κ1) is 18.7. The van der Waals surface area contributed by atoms with Crippen molar-refractivity contribution in [3.05, 3.63) is 40.8 Å². The van der Waals surface area contributed by atoms with Gasteiger partial charge in [-0.15, -0.1) is 0 Å². The second-order valence-corrected chi connectivity index (χ2v) is 6.74. The Kier molecular flexibility index (Phi) is 7.46. The molecule has 24 heavy (non-hydrogen) atoms. The Bertz CT molecular complexity index is 628. The topological polar surface area (TPSA) is 46.6 Å². The first-order valence-electron chi connectivity index (χ1n) is 8.08. The zero-order chi connectivity index (χ0) is 17.4. The number of hydrogen-bond donors (Lipinski definition) is 0. The van der Waals surface area contributed by atoms with E-state index in [1.54, 1.807) is 11.8 Å². The van der Waals surface area contributed by atoms with Crippen LogP contribution in [0.4, 0.5) is 4.79 Å².